The maximum absolute atomic E-state index is 15.5. The topological polar surface area (TPSA) is 117 Å². The van der Waals surface area contributed by atoms with Crippen LogP contribution in [-0.2, 0) is 11.2 Å². The Morgan fingerprint density at radius 3 is 2.32 bits per heavy atom. The maximum Gasteiger partial charge on any atom is 0.424 e. The molecule has 216 valence electrons. The number of aryl methyl sites for hydroxylation is 1. The lowest BCUT2D eigenvalue weighted by Gasteiger charge is -2.32. The van der Waals surface area contributed by atoms with Crippen molar-refractivity contribution in [1.82, 2.24) is 20.5 Å². The molecule has 2 aromatic carbocycles. The van der Waals surface area contributed by atoms with Gasteiger partial charge in [-0.25, -0.2) is 13.8 Å². The van der Waals surface area contributed by atoms with Gasteiger partial charge in [-0.3, -0.25) is 4.79 Å². The Balaban J connectivity index is 1.79. The molecule has 1 unspecified atom stereocenters. The van der Waals surface area contributed by atoms with Gasteiger partial charge in [0, 0.05) is 26.2 Å². The minimum absolute atomic E-state index is 0.0396. The molecule has 3 N–H and O–H groups in total. The Kier molecular flexibility index (Phi) is 6.67. The molecule has 0 aliphatic carbocycles. The van der Waals surface area contributed by atoms with E-state index in [1.807, 2.05) is 5.32 Å². The quantitative estimate of drug-likeness (QED) is 0.272. The third kappa shape index (κ3) is 5.81. The summed E-state index contributed by atoms with van der Waals surface area (Å²) in [6, 6.07) is 7.90. The van der Waals surface area contributed by atoms with Crippen molar-refractivity contribution in [3.8, 4) is 17.0 Å². The van der Waals surface area contributed by atoms with Crippen LogP contribution < -0.4 is 10.1 Å². The van der Waals surface area contributed by atoms with Crippen LogP contribution in [0.25, 0.3) is 22.2 Å². The standard InChI is InChI=1S/C28H25F5N4O4/c1-14-9-16-10-17(11-20(41-4)23(16)37-36-14)25(38)34-13-27(40,28(31,32)33)21-12-19(26(2,3)39)22(30)24(35-21)15-5-7-18(29)8-6-15/h5-12,39-40H,13H2,1-4H3,(H,34,38)/i1D3. The molecule has 1 amide bonds. The number of benzene rings is 2. The lowest BCUT2D eigenvalue weighted by atomic mass is 9.90. The Morgan fingerprint density at radius 2 is 1.73 bits per heavy atom. The highest BCUT2D eigenvalue weighted by Crippen LogP contribution is 2.41. The summed E-state index contributed by atoms with van der Waals surface area (Å²) in [7, 11) is 1.22. The fourth-order valence-electron chi connectivity index (χ4n) is 4.04. The number of ether oxygens (including phenoxy) is 1. The fraction of sp³-hybridized carbons (Fsp3) is 0.286. The number of nitrogens with one attached hydrogen (secondary N) is 1. The molecule has 1 atom stereocenters. The second-order valence-corrected chi connectivity index (χ2v) is 9.67. The number of alkyl halides is 3. The fourth-order valence-corrected chi connectivity index (χ4v) is 4.04. The second-order valence-electron chi connectivity index (χ2n) is 9.67. The number of methoxy groups -OCH3 is 1. The molecule has 0 fully saturated rings. The zero-order valence-electron chi connectivity index (χ0n) is 24.8. The highest BCUT2D eigenvalue weighted by atomic mass is 19.4. The number of hydrogen-bond acceptors (Lipinski definition) is 7. The van der Waals surface area contributed by atoms with Gasteiger partial charge in [-0.05, 0) is 69.2 Å². The maximum atomic E-state index is 15.5. The number of nitrogens with zero attached hydrogens (tertiary/aromatic N) is 3. The minimum atomic E-state index is -5.49. The molecule has 2 heterocycles. The molecule has 4 aromatic rings. The predicted molar refractivity (Wildman–Crippen MR) is 138 cm³/mol. The van der Waals surface area contributed by atoms with Crippen molar-refractivity contribution in [1.29, 1.82) is 0 Å². The van der Waals surface area contributed by atoms with Gasteiger partial charge in [-0.1, -0.05) is 0 Å². The summed E-state index contributed by atoms with van der Waals surface area (Å²) in [6.07, 6.45) is -5.49. The highest BCUT2D eigenvalue weighted by Gasteiger charge is 2.57. The summed E-state index contributed by atoms with van der Waals surface area (Å²) >= 11 is 0. The van der Waals surface area contributed by atoms with Crippen LogP contribution in [0.15, 0.2) is 48.5 Å². The average molecular weight is 580 g/mol. The molecule has 41 heavy (non-hydrogen) atoms. The molecule has 4 rings (SSSR count). The lowest BCUT2D eigenvalue weighted by molar-refractivity contribution is -0.265. The number of aliphatic hydroxyl groups is 2. The molecule has 13 heteroatoms. The van der Waals surface area contributed by atoms with Crippen LogP contribution in [0, 0.1) is 18.5 Å². The van der Waals surface area contributed by atoms with E-state index in [-0.39, 0.29) is 27.8 Å². The molecule has 0 spiro atoms. The van der Waals surface area contributed by atoms with Gasteiger partial charge in [0.2, 0.25) is 5.60 Å². The van der Waals surface area contributed by atoms with Gasteiger partial charge < -0.3 is 20.3 Å². The number of carbonyl (C=O) groups excluding carboxylic acids is 1. The molecule has 0 bridgehead atoms. The third-order valence-electron chi connectivity index (χ3n) is 6.27. The summed E-state index contributed by atoms with van der Waals surface area (Å²) in [5.74, 6) is -3.09. The SMILES string of the molecule is [2H]C([2H])([2H])c1cc2cc(C(=O)NCC(O)(c3cc(C(C)(C)O)c(F)c(-c4ccc(F)cc4)n3)C(F)(F)F)cc(OC)c2nn1. The van der Waals surface area contributed by atoms with Crippen molar-refractivity contribution in [3.63, 3.8) is 0 Å². The van der Waals surface area contributed by atoms with E-state index >= 15 is 4.39 Å². The normalized spacial score (nSPS) is 15.0. The van der Waals surface area contributed by atoms with Gasteiger partial charge >= 0.3 is 6.18 Å². The number of aromatic nitrogens is 3. The number of pyridine rings is 1. The monoisotopic (exact) mass is 579 g/mol. The van der Waals surface area contributed by atoms with Crippen LogP contribution in [0.5, 0.6) is 5.75 Å². The van der Waals surface area contributed by atoms with E-state index in [2.05, 4.69) is 15.2 Å². The van der Waals surface area contributed by atoms with E-state index in [1.54, 1.807) is 0 Å². The van der Waals surface area contributed by atoms with Gasteiger partial charge in [-0.15, -0.1) is 5.10 Å². The summed E-state index contributed by atoms with van der Waals surface area (Å²) in [6.45, 7) is -1.95. The minimum Gasteiger partial charge on any atom is -0.494 e. The summed E-state index contributed by atoms with van der Waals surface area (Å²) < 4.78 is 100. The number of halogens is 5. The third-order valence-corrected chi connectivity index (χ3v) is 6.27. The van der Waals surface area contributed by atoms with Gasteiger partial charge in [0.1, 0.15) is 22.8 Å². The predicted octanol–water partition coefficient (Wildman–Crippen LogP) is 4.69. The first kappa shape index (κ1) is 25.7. The van der Waals surface area contributed by atoms with Crippen molar-refractivity contribution in [2.45, 2.75) is 38.1 Å². The molecule has 0 saturated carbocycles. The van der Waals surface area contributed by atoms with Crippen LogP contribution in [0.1, 0.15) is 45.3 Å². The number of fused-ring (bicyclic) bond motifs is 1. The molecule has 0 aliphatic heterocycles. The molecule has 8 nitrogen and oxygen atoms in total. The number of rotatable bonds is 7. The Morgan fingerprint density at radius 1 is 1.05 bits per heavy atom. The van der Waals surface area contributed by atoms with Crippen molar-refractivity contribution in [3.05, 3.63) is 82.7 Å². The lowest BCUT2D eigenvalue weighted by Crippen LogP contribution is -2.51. The molecule has 0 aliphatic rings. The second kappa shape index (κ2) is 10.6. The van der Waals surface area contributed by atoms with Gasteiger partial charge in [0.05, 0.1) is 30.6 Å². The first-order valence-corrected chi connectivity index (χ1v) is 11.9. The Labute approximate surface area is 235 Å². The van der Waals surface area contributed by atoms with Crippen molar-refractivity contribution in [2.24, 2.45) is 0 Å². The molecule has 2 aromatic heterocycles. The average Bonchev–Trinajstić information content (AvgIpc) is 2.93. The van der Waals surface area contributed by atoms with Crippen molar-refractivity contribution < 1.29 is 45.8 Å². The van der Waals surface area contributed by atoms with E-state index in [1.165, 1.54) is 7.11 Å². The molecular formula is C28H25F5N4O4. The largest absolute Gasteiger partial charge is 0.494 e. The first-order valence-electron chi connectivity index (χ1n) is 13.4. The first-order chi connectivity index (χ1) is 20.3. The van der Waals surface area contributed by atoms with Gasteiger partial charge in [0.25, 0.3) is 5.91 Å². The highest BCUT2D eigenvalue weighted by molar-refractivity contribution is 5.99. The summed E-state index contributed by atoms with van der Waals surface area (Å²) in [5.41, 5.74) is -9.23. The smallest absolute Gasteiger partial charge is 0.424 e. The molecule has 0 saturated heterocycles. The zero-order valence-corrected chi connectivity index (χ0v) is 21.8. The van der Waals surface area contributed by atoms with Crippen molar-refractivity contribution in [2.75, 3.05) is 13.7 Å². The van der Waals surface area contributed by atoms with Crippen LogP contribution >= 0.6 is 0 Å². The van der Waals surface area contributed by atoms with Crippen LogP contribution in [0.4, 0.5) is 22.0 Å². The van der Waals surface area contributed by atoms with Crippen LogP contribution in [0.2, 0.25) is 0 Å². The van der Waals surface area contributed by atoms with Crippen LogP contribution in [0.3, 0.4) is 0 Å². The van der Waals surface area contributed by atoms with E-state index in [0.29, 0.717) is 6.07 Å². The zero-order chi connectivity index (χ0) is 32.8. The van der Waals surface area contributed by atoms with Gasteiger partial charge in [-0.2, -0.15) is 18.3 Å². The van der Waals surface area contributed by atoms with Crippen LogP contribution in [-0.4, -0.2) is 51.1 Å². The number of carbonyl (C=O) groups is 1. The number of hydrogen-bond donors (Lipinski definition) is 3. The molecular weight excluding hydrogens is 551 g/mol. The van der Waals surface area contributed by atoms with E-state index in [4.69, 9.17) is 8.85 Å². The van der Waals surface area contributed by atoms with E-state index < -0.39 is 71.0 Å². The Hall–Kier alpha value is -4.23. The van der Waals surface area contributed by atoms with E-state index in [0.717, 1.165) is 56.3 Å². The summed E-state index contributed by atoms with van der Waals surface area (Å²) in [5, 5.41) is 31.1. The van der Waals surface area contributed by atoms with Crippen molar-refractivity contribution >= 4 is 16.8 Å². The number of amides is 1. The van der Waals surface area contributed by atoms with Gasteiger partial charge in [0.15, 0.2) is 5.82 Å². The molecule has 0 radical (unpaired) electrons. The Bertz CT molecular complexity index is 1730. The summed E-state index contributed by atoms with van der Waals surface area (Å²) in [4.78, 5) is 16.8. The van der Waals surface area contributed by atoms with E-state index in [9.17, 15) is 32.6 Å².